The van der Waals surface area contributed by atoms with E-state index < -0.39 is 0 Å². The van der Waals surface area contributed by atoms with Gasteiger partial charge in [0.05, 0.1) is 12.6 Å². The predicted octanol–water partition coefficient (Wildman–Crippen LogP) is 1.55. The number of nitrogens with zero attached hydrogens (tertiary/aromatic N) is 1. The molecule has 0 aromatic carbocycles. The molecular weight excluding hydrogens is 228 g/mol. The van der Waals surface area contributed by atoms with Gasteiger partial charge < -0.3 is 15.0 Å². The minimum atomic E-state index is 0.272. The zero-order valence-corrected chi connectivity index (χ0v) is 11.5. The van der Waals surface area contributed by atoms with Gasteiger partial charge in [-0.1, -0.05) is 0 Å². The van der Waals surface area contributed by atoms with Crippen molar-refractivity contribution >= 4 is 5.91 Å². The number of likely N-dealkylation sites (tertiary alicyclic amines) is 1. The van der Waals surface area contributed by atoms with Crippen molar-refractivity contribution in [3.63, 3.8) is 0 Å². The fraction of sp³-hybridized carbons (Fsp3) is 0.929. The van der Waals surface area contributed by atoms with Crippen molar-refractivity contribution in [3.8, 4) is 0 Å². The first-order valence-corrected chi connectivity index (χ1v) is 7.33. The number of carbonyl (C=O) groups is 1. The van der Waals surface area contributed by atoms with Crippen LogP contribution in [0.15, 0.2) is 0 Å². The van der Waals surface area contributed by atoms with Crippen molar-refractivity contribution in [1.29, 1.82) is 0 Å². The number of ether oxygens (including phenoxy) is 1. The molecule has 2 aliphatic rings. The van der Waals surface area contributed by atoms with Crippen LogP contribution in [0.2, 0.25) is 0 Å². The number of hydrogen-bond donors (Lipinski definition) is 1. The molecule has 1 saturated carbocycles. The van der Waals surface area contributed by atoms with Gasteiger partial charge in [0.25, 0.3) is 0 Å². The molecule has 0 spiro atoms. The Labute approximate surface area is 110 Å². The van der Waals surface area contributed by atoms with Gasteiger partial charge in [-0.05, 0) is 44.9 Å². The zero-order chi connectivity index (χ0) is 12.8. The summed E-state index contributed by atoms with van der Waals surface area (Å²) >= 11 is 0. The summed E-state index contributed by atoms with van der Waals surface area (Å²) < 4.78 is 5.41. The van der Waals surface area contributed by atoms with Crippen molar-refractivity contribution in [1.82, 2.24) is 10.2 Å². The molecule has 2 unspecified atom stereocenters. The maximum Gasteiger partial charge on any atom is 0.236 e. The Balaban J connectivity index is 1.68. The van der Waals surface area contributed by atoms with Crippen LogP contribution in [-0.4, -0.2) is 49.7 Å². The van der Waals surface area contributed by atoms with Crippen LogP contribution >= 0.6 is 0 Å². The van der Waals surface area contributed by atoms with Gasteiger partial charge in [-0.25, -0.2) is 0 Å². The van der Waals surface area contributed by atoms with E-state index in [2.05, 4.69) is 5.32 Å². The molecule has 0 aromatic heterocycles. The highest BCUT2D eigenvalue weighted by atomic mass is 16.5. The third-order valence-electron chi connectivity index (χ3n) is 4.21. The molecule has 2 atom stereocenters. The lowest BCUT2D eigenvalue weighted by atomic mass is 9.93. The molecule has 1 N–H and O–H groups in total. The van der Waals surface area contributed by atoms with E-state index in [0.717, 1.165) is 25.9 Å². The van der Waals surface area contributed by atoms with Crippen LogP contribution in [0.4, 0.5) is 0 Å². The fourth-order valence-corrected chi connectivity index (χ4v) is 3.03. The minimum Gasteiger partial charge on any atom is -0.381 e. The Kier molecular flexibility index (Phi) is 5.45. The standard InChI is InChI=1S/C14H26N2O2/c1-18-13-7-5-6-12(10-13)15-11-14(17)16-8-3-2-4-9-16/h12-13,15H,2-11H2,1H3. The second-order valence-corrected chi connectivity index (χ2v) is 5.54. The average Bonchev–Trinajstić information content (AvgIpc) is 2.46. The van der Waals surface area contributed by atoms with E-state index in [1.54, 1.807) is 7.11 Å². The summed E-state index contributed by atoms with van der Waals surface area (Å²) in [5.41, 5.74) is 0. The van der Waals surface area contributed by atoms with Crippen LogP contribution in [0, 0.1) is 0 Å². The topological polar surface area (TPSA) is 41.6 Å². The number of carbonyl (C=O) groups excluding carboxylic acids is 1. The highest BCUT2D eigenvalue weighted by Crippen LogP contribution is 2.20. The number of hydrogen-bond acceptors (Lipinski definition) is 3. The molecule has 1 aliphatic carbocycles. The van der Waals surface area contributed by atoms with Gasteiger partial charge in [-0.15, -0.1) is 0 Å². The van der Waals surface area contributed by atoms with Crippen LogP contribution in [0.25, 0.3) is 0 Å². The first kappa shape index (κ1) is 13.8. The first-order valence-electron chi connectivity index (χ1n) is 7.33. The van der Waals surface area contributed by atoms with E-state index >= 15 is 0 Å². The normalized spacial score (nSPS) is 29.3. The summed E-state index contributed by atoms with van der Waals surface area (Å²) in [5, 5.41) is 3.41. The number of nitrogens with one attached hydrogen (secondary N) is 1. The predicted molar refractivity (Wildman–Crippen MR) is 71.5 cm³/mol. The number of rotatable bonds is 4. The Morgan fingerprint density at radius 3 is 2.72 bits per heavy atom. The summed E-state index contributed by atoms with van der Waals surface area (Å²) in [6.45, 7) is 2.40. The van der Waals surface area contributed by atoms with Crippen LogP contribution in [0.3, 0.4) is 0 Å². The van der Waals surface area contributed by atoms with E-state index in [0.29, 0.717) is 18.7 Å². The lowest BCUT2D eigenvalue weighted by Gasteiger charge is -2.31. The second-order valence-electron chi connectivity index (χ2n) is 5.54. The van der Waals surface area contributed by atoms with Gasteiger partial charge in [0.1, 0.15) is 0 Å². The van der Waals surface area contributed by atoms with Gasteiger partial charge in [0.15, 0.2) is 0 Å². The molecule has 4 heteroatoms. The first-order chi connectivity index (χ1) is 8.79. The molecule has 0 bridgehead atoms. The summed E-state index contributed by atoms with van der Waals surface area (Å²) in [5.74, 6) is 0.272. The quantitative estimate of drug-likeness (QED) is 0.827. The molecule has 2 rings (SSSR count). The molecule has 2 fully saturated rings. The number of methoxy groups -OCH3 is 1. The summed E-state index contributed by atoms with van der Waals surface area (Å²) in [7, 11) is 1.78. The molecule has 18 heavy (non-hydrogen) atoms. The van der Waals surface area contributed by atoms with Crippen molar-refractivity contribution in [2.24, 2.45) is 0 Å². The minimum absolute atomic E-state index is 0.272. The highest BCUT2D eigenvalue weighted by molar-refractivity contribution is 5.78. The summed E-state index contributed by atoms with van der Waals surface area (Å²) in [6.07, 6.45) is 8.57. The molecule has 4 nitrogen and oxygen atoms in total. The number of piperidine rings is 1. The lowest BCUT2D eigenvalue weighted by molar-refractivity contribution is -0.131. The van der Waals surface area contributed by atoms with Crippen LogP contribution < -0.4 is 5.32 Å². The van der Waals surface area contributed by atoms with Gasteiger partial charge in [0, 0.05) is 26.2 Å². The molecular formula is C14H26N2O2. The van der Waals surface area contributed by atoms with E-state index in [1.165, 1.54) is 32.1 Å². The summed E-state index contributed by atoms with van der Waals surface area (Å²) in [6, 6.07) is 0.456. The van der Waals surface area contributed by atoms with Crippen molar-refractivity contribution < 1.29 is 9.53 Å². The Morgan fingerprint density at radius 1 is 1.22 bits per heavy atom. The average molecular weight is 254 g/mol. The maximum atomic E-state index is 12.0. The van der Waals surface area contributed by atoms with Gasteiger partial charge in [-0.2, -0.15) is 0 Å². The smallest absolute Gasteiger partial charge is 0.236 e. The van der Waals surface area contributed by atoms with Crippen molar-refractivity contribution in [2.75, 3.05) is 26.7 Å². The highest BCUT2D eigenvalue weighted by Gasteiger charge is 2.23. The molecule has 1 amide bonds. The largest absolute Gasteiger partial charge is 0.381 e. The third-order valence-corrected chi connectivity index (χ3v) is 4.21. The van der Waals surface area contributed by atoms with Crippen LogP contribution in [-0.2, 0) is 9.53 Å². The second kappa shape index (κ2) is 7.10. The van der Waals surface area contributed by atoms with Crippen LogP contribution in [0.1, 0.15) is 44.9 Å². The summed E-state index contributed by atoms with van der Waals surface area (Å²) in [4.78, 5) is 14.0. The third kappa shape index (κ3) is 3.95. The Hall–Kier alpha value is -0.610. The van der Waals surface area contributed by atoms with E-state index in [9.17, 15) is 4.79 Å². The maximum absolute atomic E-state index is 12.0. The van der Waals surface area contributed by atoms with E-state index in [1.807, 2.05) is 4.90 Å². The SMILES string of the molecule is COC1CCCC(NCC(=O)N2CCCCC2)C1. The molecule has 0 aromatic rings. The van der Waals surface area contributed by atoms with Gasteiger partial charge in [0.2, 0.25) is 5.91 Å². The Bertz CT molecular complexity index is 265. The fourth-order valence-electron chi connectivity index (χ4n) is 3.03. The van der Waals surface area contributed by atoms with Gasteiger partial charge >= 0.3 is 0 Å². The molecule has 104 valence electrons. The molecule has 1 aliphatic heterocycles. The molecule has 1 heterocycles. The monoisotopic (exact) mass is 254 g/mol. The van der Waals surface area contributed by atoms with E-state index in [4.69, 9.17) is 4.74 Å². The number of amides is 1. The zero-order valence-electron chi connectivity index (χ0n) is 11.5. The Morgan fingerprint density at radius 2 is 2.00 bits per heavy atom. The molecule has 1 saturated heterocycles. The van der Waals surface area contributed by atoms with Crippen molar-refractivity contribution in [2.45, 2.75) is 57.1 Å². The molecule has 0 radical (unpaired) electrons. The van der Waals surface area contributed by atoms with Crippen molar-refractivity contribution in [3.05, 3.63) is 0 Å². The van der Waals surface area contributed by atoms with E-state index in [-0.39, 0.29) is 5.91 Å². The van der Waals surface area contributed by atoms with Gasteiger partial charge in [-0.3, -0.25) is 4.79 Å². The lowest BCUT2D eigenvalue weighted by Crippen LogP contribution is -2.45. The van der Waals surface area contributed by atoms with Crippen LogP contribution in [0.5, 0.6) is 0 Å².